The summed E-state index contributed by atoms with van der Waals surface area (Å²) < 4.78 is 0. The lowest BCUT2D eigenvalue weighted by Crippen LogP contribution is -1.99. The monoisotopic (exact) mass is 294 g/mol. The molecule has 1 heteroatoms. The first-order valence-corrected chi connectivity index (χ1v) is 9.65. The van der Waals surface area contributed by atoms with E-state index >= 15 is 0 Å². The minimum atomic E-state index is 0.0671. The van der Waals surface area contributed by atoms with Crippen molar-refractivity contribution in [1.29, 1.82) is 0 Å². The maximum atomic E-state index is 2.43. The summed E-state index contributed by atoms with van der Waals surface area (Å²) >= 11 is 0. The van der Waals surface area contributed by atoms with E-state index in [-0.39, 0.29) is 7.92 Å². The molecule has 2 aromatic carbocycles. The topological polar surface area (TPSA) is 0 Å². The molecule has 0 saturated heterocycles. The van der Waals surface area contributed by atoms with Gasteiger partial charge in [-0.2, -0.15) is 0 Å². The first-order valence-electron chi connectivity index (χ1n) is 7.86. The third-order valence-corrected chi connectivity index (χ3v) is 7.54. The van der Waals surface area contributed by atoms with Gasteiger partial charge in [0.05, 0.1) is 0 Å². The largest absolute Gasteiger partial charge is 0.0953 e. The van der Waals surface area contributed by atoms with Gasteiger partial charge in [-0.15, -0.1) is 0 Å². The van der Waals surface area contributed by atoms with Crippen molar-refractivity contribution in [3.63, 3.8) is 0 Å². The lowest BCUT2D eigenvalue weighted by molar-refractivity contribution is 1.11. The molecule has 2 aromatic rings. The summed E-state index contributed by atoms with van der Waals surface area (Å²) in [6.45, 7) is 7.02. The molecule has 0 spiro atoms. The maximum Gasteiger partial charge on any atom is 0.0256 e. The fourth-order valence-corrected chi connectivity index (χ4v) is 5.92. The fraction of sp³-hybridized carbons (Fsp3) is 0.300. The van der Waals surface area contributed by atoms with Gasteiger partial charge in [-0.05, 0) is 41.5 Å². The number of fused-ring (bicyclic) bond motifs is 1. The summed E-state index contributed by atoms with van der Waals surface area (Å²) in [4.78, 5) is 0. The molecule has 1 aliphatic rings. The number of benzene rings is 2. The first kappa shape index (κ1) is 14.5. The standard InChI is InChI=1S/C20H23P/c1-4-21(5-2)20-15(3)14-19-17(12-9-13-18(19)20)16-10-7-6-8-11-16/h6-14,20H,4-5H2,1-3H3. The van der Waals surface area contributed by atoms with Gasteiger partial charge < -0.3 is 0 Å². The molecule has 0 fully saturated rings. The number of hydrogen-bond donors (Lipinski definition) is 0. The highest BCUT2D eigenvalue weighted by Crippen LogP contribution is 2.59. The van der Waals surface area contributed by atoms with Crippen LogP contribution in [0.4, 0.5) is 0 Å². The second-order valence-corrected chi connectivity index (χ2v) is 8.65. The van der Waals surface area contributed by atoms with Crippen molar-refractivity contribution in [2.24, 2.45) is 0 Å². The maximum absolute atomic E-state index is 2.43. The summed E-state index contributed by atoms with van der Waals surface area (Å²) in [6.07, 6.45) is 5.07. The Labute approximate surface area is 129 Å². The molecule has 0 heterocycles. The normalized spacial score (nSPS) is 17.0. The van der Waals surface area contributed by atoms with Gasteiger partial charge in [0, 0.05) is 5.66 Å². The Kier molecular flexibility index (Phi) is 4.27. The number of hydrogen-bond acceptors (Lipinski definition) is 0. The van der Waals surface area contributed by atoms with E-state index in [0.717, 1.165) is 0 Å². The van der Waals surface area contributed by atoms with Gasteiger partial charge in [0.15, 0.2) is 0 Å². The molecule has 21 heavy (non-hydrogen) atoms. The van der Waals surface area contributed by atoms with Gasteiger partial charge in [0.1, 0.15) is 0 Å². The molecular weight excluding hydrogens is 271 g/mol. The molecule has 0 nitrogen and oxygen atoms in total. The predicted molar refractivity (Wildman–Crippen MR) is 96.3 cm³/mol. The summed E-state index contributed by atoms with van der Waals surface area (Å²) in [5, 5.41) is 0. The summed E-state index contributed by atoms with van der Waals surface area (Å²) in [5.41, 5.74) is 7.97. The van der Waals surface area contributed by atoms with Gasteiger partial charge in [-0.1, -0.05) is 81.9 Å². The van der Waals surface area contributed by atoms with E-state index in [9.17, 15) is 0 Å². The van der Waals surface area contributed by atoms with Crippen molar-refractivity contribution < 1.29 is 0 Å². The Morgan fingerprint density at radius 3 is 2.29 bits per heavy atom. The Morgan fingerprint density at radius 1 is 0.905 bits per heavy atom. The molecule has 0 aromatic heterocycles. The van der Waals surface area contributed by atoms with Crippen LogP contribution in [0.1, 0.15) is 37.6 Å². The second-order valence-electron chi connectivity index (χ2n) is 5.69. The molecule has 0 aliphatic heterocycles. The lowest BCUT2D eigenvalue weighted by Gasteiger charge is -2.25. The molecule has 1 unspecified atom stereocenters. The highest BCUT2D eigenvalue weighted by molar-refractivity contribution is 7.58. The van der Waals surface area contributed by atoms with Gasteiger partial charge in [0.2, 0.25) is 0 Å². The Hall–Kier alpha value is -1.39. The highest BCUT2D eigenvalue weighted by atomic mass is 31.1. The average Bonchev–Trinajstić information content (AvgIpc) is 2.86. The van der Waals surface area contributed by atoms with E-state index in [2.05, 4.69) is 75.4 Å². The van der Waals surface area contributed by atoms with Crippen LogP contribution in [0.3, 0.4) is 0 Å². The smallest absolute Gasteiger partial charge is 0.0256 e. The van der Waals surface area contributed by atoms with Crippen molar-refractivity contribution in [1.82, 2.24) is 0 Å². The summed E-state index contributed by atoms with van der Waals surface area (Å²) in [5.74, 6) is 0. The van der Waals surface area contributed by atoms with E-state index in [1.54, 1.807) is 11.1 Å². The highest BCUT2D eigenvalue weighted by Gasteiger charge is 2.29. The third-order valence-electron chi connectivity index (χ3n) is 4.50. The van der Waals surface area contributed by atoms with Crippen LogP contribution in [0.5, 0.6) is 0 Å². The van der Waals surface area contributed by atoms with Crippen LogP contribution in [0, 0.1) is 0 Å². The van der Waals surface area contributed by atoms with Gasteiger partial charge in [-0.3, -0.25) is 0 Å². The molecule has 0 amide bonds. The summed E-state index contributed by atoms with van der Waals surface area (Å²) in [6, 6.07) is 17.6. The minimum absolute atomic E-state index is 0.0671. The van der Waals surface area contributed by atoms with E-state index in [0.29, 0.717) is 5.66 Å². The van der Waals surface area contributed by atoms with Crippen molar-refractivity contribution >= 4 is 14.0 Å². The molecule has 0 radical (unpaired) electrons. The Bertz CT molecular complexity index is 651. The first-order chi connectivity index (χ1) is 10.3. The molecule has 0 N–H and O–H groups in total. The van der Waals surface area contributed by atoms with Crippen LogP contribution in [0.15, 0.2) is 54.1 Å². The molecule has 1 atom stereocenters. The van der Waals surface area contributed by atoms with Crippen LogP contribution in [-0.4, -0.2) is 12.3 Å². The fourth-order valence-electron chi connectivity index (χ4n) is 3.48. The van der Waals surface area contributed by atoms with Crippen LogP contribution in [-0.2, 0) is 0 Å². The van der Waals surface area contributed by atoms with Crippen molar-refractivity contribution in [2.75, 3.05) is 12.3 Å². The second kappa shape index (κ2) is 6.16. The molecule has 3 rings (SSSR count). The quantitative estimate of drug-likeness (QED) is 0.578. The van der Waals surface area contributed by atoms with Gasteiger partial charge in [0.25, 0.3) is 0 Å². The average molecular weight is 294 g/mol. The predicted octanol–water partition coefficient (Wildman–Crippen LogP) is 6.33. The van der Waals surface area contributed by atoms with Crippen LogP contribution in [0.25, 0.3) is 17.2 Å². The van der Waals surface area contributed by atoms with Crippen molar-refractivity contribution in [3.8, 4) is 11.1 Å². The molecular formula is C20H23P. The van der Waals surface area contributed by atoms with E-state index in [1.165, 1.54) is 29.0 Å². The van der Waals surface area contributed by atoms with Crippen molar-refractivity contribution in [2.45, 2.75) is 26.4 Å². The Balaban J connectivity index is 2.11. The van der Waals surface area contributed by atoms with Crippen LogP contribution >= 0.6 is 7.92 Å². The molecule has 0 bridgehead atoms. The van der Waals surface area contributed by atoms with E-state index in [1.807, 2.05) is 0 Å². The molecule has 0 saturated carbocycles. The third kappa shape index (κ3) is 2.58. The van der Waals surface area contributed by atoms with Gasteiger partial charge >= 0.3 is 0 Å². The lowest BCUT2D eigenvalue weighted by atomic mass is 9.97. The van der Waals surface area contributed by atoms with Gasteiger partial charge in [-0.25, -0.2) is 0 Å². The number of allylic oxidation sites excluding steroid dienone is 1. The zero-order valence-corrected chi connectivity index (χ0v) is 14.0. The SMILES string of the molecule is CCP(CC)C1C(C)=Cc2c(-c3ccccc3)cccc21. The zero-order chi connectivity index (χ0) is 14.8. The minimum Gasteiger partial charge on any atom is -0.0953 e. The molecule has 1 aliphatic carbocycles. The number of rotatable bonds is 4. The van der Waals surface area contributed by atoms with Crippen LogP contribution in [0.2, 0.25) is 0 Å². The van der Waals surface area contributed by atoms with Crippen LogP contribution < -0.4 is 0 Å². The van der Waals surface area contributed by atoms with E-state index in [4.69, 9.17) is 0 Å². The van der Waals surface area contributed by atoms with Crippen molar-refractivity contribution in [3.05, 3.63) is 65.2 Å². The molecule has 108 valence electrons. The Morgan fingerprint density at radius 2 is 1.62 bits per heavy atom. The summed E-state index contributed by atoms with van der Waals surface area (Å²) in [7, 11) is 0.0671. The zero-order valence-electron chi connectivity index (χ0n) is 13.1. The van der Waals surface area contributed by atoms with E-state index < -0.39 is 0 Å².